The standard InChI is InChI=1S/C9H13N.C9H12O.C8H14N2.C8H13NO.C8H13NS.2C7H11NO.C6H10N2O.C6H10N2S.C5H9N3.11CH4/c1-7(2)9-4-8(3)5-10-6-9;1-8(2)5-6-9-4-3-7-10-9;1-6(2)8-5-7(3)9-10(8)4;1-5(2)8-6(3)7(4)10-9-8;1-5(2)8-6(3)9-7(4)10-8;1-5(2)7-4-6(3)9-8-7;1-5(2)7-4-6(3)8-9-7;1-4(2)6-7-5(3)8-9-6;1-4(2)6-8-7-5(3)9-6;1-4(2)5-3-6-8-7-5;;;;;;;;;;;/h4-7H,1-3H3;3-8H,1-2H3;5-6H,1-4H3;2*5H,1-4H3;2*4-5H,1-3H3;2*4H,1-3H3;3-4H,1-2H3,(H,6,7,8);11*1H4/b;6-5+;;;;;;;;;;;;;;;;;;;. The fraction of sp³-hybridized carbons (Fsp3) is 0.619. The number of rotatable bonds is 11. The highest BCUT2D eigenvalue weighted by molar-refractivity contribution is 7.11. The number of nitrogens with zero attached hydrogens (tertiary/aromatic N) is 13. The predicted octanol–water partition coefficient (Wildman–Crippen LogP) is 28.2. The molecule has 0 radical (unpaired) electrons. The number of thiazole rings is 1. The highest BCUT2D eigenvalue weighted by Crippen LogP contribution is 2.26. The Morgan fingerprint density at radius 2 is 1.09 bits per heavy atom. The summed E-state index contributed by atoms with van der Waals surface area (Å²) in [5.74, 6) is 10.3. The monoisotopic (exact) mass is 1510 g/mol. The van der Waals surface area contributed by atoms with Crippen LogP contribution in [0.1, 0.15) is 385 Å². The number of furan rings is 1. The van der Waals surface area contributed by atoms with E-state index in [1.165, 1.54) is 38.0 Å². The van der Waals surface area contributed by atoms with Crippen molar-refractivity contribution in [3.63, 3.8) is 0 Å². The van der Waals surface area contributed by atoms with Crippen LogP contribution in [0.3, 0.4) is 0 Å². The van der Waals surface area contributed by atoms with Crippen LogP contribution in [0.2, 0.25) is 0 Å². The van der Waals surface area contributed by atoms with E-state index in [2.05, 4.69) is 230 Å². The van der Waals surface area contributed by atoms with Crippen LogP contribution < -0.4 is 0 Å². The van der Waals surface area contributed by atoms with Crippen molar-refractivity contribution < 1.29 is 22.5 Å². The first kappa shape index (κ1) is 121. The van der Waals surface area contributed by atoms with Crippen molar-refractivity contribution in [2.24, 2.45) is 13.0 Å². The maximum absolute atomic E-state index is 5.10. The van der Waals surface area contributed by atoms with Crippen LogP contribution in [0.15, 0.2) is 89.8 Å². The number of nitrogens with one attached hydrogen (secondary N) is 1. The molecule has 0 aliphatic carbocycles. The highest BCUT2D eigenvalue weighted by Gasteiger charge is 2.12. The second-order valence-electron chi connectivity index (χ2n) is 26.0. The summed E-state index contributed by atoms with van der Waals surface area (Å²) >= 11 is 3.48. The third kappa shape index (κ3) is 50.6. The summed E-state index contributed by atoms with van der Waals surface area (Å²) in [7, 11) is 1.99. The lowest BCUT2D eigenvalue weighted by Crippen LogP contribution is -1.99. The fourth-order valence-corrected chi connectivity index (χ4v) is 9.32. The van der Waals surface area contributed by atoms with Crippen molar-refractivity contribution in [3.05, 3.63) is 179 Å². The molecule has 0 fully saturated rings. The topological polar surface area (TPSA) is 241 Å². The Morgan fingerprint density at radius 3 is 1.32 bits per heavy atom. The fourth-order valence-electron chi connectivity index (χ4n) is 7.69. The smallest absolute Gasteiger partial charge is 0.229 e. The third-order valence-corrected chi connectivity index (χ3v) is 15.6. The summed E-state index contributed by atoms with van der Waals surface area (Å²) < 4.78 is 26.8. The van der Waals surface area contributed by atoms with Gasteiger partial charge in [-0.25, -0.2) is 4.98 Å². The van der Waals surface area contributed by atoms with Crippen LogP contribution in [-0.4, -0.2) is 71.0 Å². The van der Waals surface area contributed by atoms with Gasteiger partial charge >= 0.3 is 0 Å². The second-order valence-corrected chi connectivity index (χ2v) is 28.5. The van der Waals surface area contributed by atoms with Gasteiger partial charge < -0.3 is 22.5 Å². The van der Waals surface area contributed by atoms with E-state index in [9.17, 15) is 0 Å². The van der Waals surface area contributed by atoms with Crippen molar-refractivity contribution >= 4 is 28.7 Å². The molecule has 0 atom stereocenters. The molecular weight excluding hydrogens is 1350 g/mol. The number of aryl methyl sites for hydroxylation is 10. The van der Waals surface area contributed by atoms with Gasteiger partial charge in [0.1, 0.15) is 33.1 Å². The SMILES string of the molecule is C.C.C.C.C.C.C.C.C.C.C.CC(C)/C=C/c1ccco1.CC(C)c1cn[nH]n1.Cc1cc(C(C)C)n(C)n1.Cc1cc(C(C)C)no1.Cc1cc(C(C)C)on1.Cc1cncc(C(C)C)c1.Cc1nc(C)c(C(C)C)s1.Cc1nnc(C(C)C)s1.Cc1noc(C(C)C)n1.Cc1onc(C(C)C)c1C. The lowest BCUT2D eigenvalue weighted by Gasteiger charge is -2.03. The van der Waals surface area contributed by atoms with Gasteiger partial charge in [0.2, 0.25) is 5.89 Å². The first-order chi connectivity index (χ1) is 43.9. The normalized spacial score (nSPS) is 9.65. The molecule has 0 bridgehead atoms. The van der Waals surface area contributed by atoms with Crippen LogP contribution in [0.5, 0.6) is 0 Å². The number of aromatic nitrogens is 14. The van der Waals surface area contributed by atoms with Crippen LogP contribution in [0.25, 0.3) is 6.08 Å². The van der Waals surface area contributed by atoms with Gasteiger partial charge in [-0.2, -0.15) is 25.5 Å². The largest absolute Gasteiger partial charge is 0.465 e. The number of aromatic amines is 1. The van der Waals surface area contributed by atoms with Crippen LogP contribution in [0, 0.1) is 75.2 Å². The molecule has 10 heterocycles. The molecule has 0 unspecified atom stereocenters. The molecule has 105 heavy (non-hydrogen) atoms. The minimum absolute atomic E-state index is 0. The Bertz CT molecular complexity index is 3310. The molecule has 10 aromatic rings. The maximum Gasteiger partial charge on any atom is 0.229 e. The van der Waals surface area contributed by atoms with Crippen molar-refractivity contribution in [2.75, 3.05) is 0 Å². The summed E-state index contributed by atoms with van der Waals surface area (Å²) in [6.07, 6.45) is 11.3. The zero-order chi connectivity index (χ0) is 71.5. The van der Waals surface area contributed by atoms with Gasteiger partial charge in [-0.3, -0.25) is 9.67 Å². The highest BCUT2D eigenvalue weighted by atomic mass is 32.1. The van der Waals surface area contributed by atoms with Gasteiger partial charge in [0.15, 0.2) is 5.82 Å². The van der Waals surface area contributed by atoms with Gasteiger partial charge in [-0.05, 0) is 146 Å². The Labute approximate surface area is 652 Å². The van der Waals surface area contributed by atoms with Crippen molar-refractivity contribution in [1.29, 1.82) is 0 Å². The number of pyridine rings is 1. The molecule has 0 aromatic carbocycles. The van der Waals surface area contributed by atoms with E-state index < -0.39 is 0 Å². The zero-order valence-corrected chi connectivity index (χ0v) is 64.5. The van der Waals surface area contributed by atoms with E-state index in [1.807, 2.05) is 128 Å². The van der Waals surface area contributed by atoms with E-state index >= 15 is 0 Å². The number of allylic oxidation sites excluding steroid dienone is 1. The molecule has 0 spiro atoms. The van der Waals surface area contributed by atoms with E-state index in [4.69, 9.17) is 22.5 Å². The minimum atomic E-state index is 0. The molecule has 0 saturated carbocycles. The molecule has 0 aliphatic heterocycles. The summed E-state index contributed by atoms with van der Waals surface area (Å²) in [5.41, 5.74) is 11.5. The lowest BCUT2D eigenvalue weighted by atomic mass is 10.0. The van der Waals surface area contributed by atoms with Crippen LogP contribution >= 0.6 is 22.7 Å². The van der Waals surface area contributed by atoms with Crippen molar-refractivity contribution in [1.82, 2.24) is 71.0 Å². The first-order valence-electron chi connectivity index (χ1n) is 32.8. The number of hydrogen-bond donors (Lipinski definition) is 1. The molecule has 608 valence electrons. The maximum atomic E-state index is 5.10. The van der Waals surface area contributed by atoms with Crippen LogP contribution in [0.4, 0.5) is 0 Å². The Kier molecular flexibility index (Phi) is 73.6. The van der Waals surface area contributed by atoms with Gasteiger partial charge in [-0.1, -0.05) is 253 Å². The Hall–Kier alpha value is -7.52. The summed E-state index contributed by atoms with van der Waals surface area (Å²) in [6, 6.07) is 12.1. The Balaban J connectivity index is -0.000000103. The molecule has 1 N–H and O–H groups in total. The molecule has 0 aliphatic rings. The number of hydrogen-bond acceptors (Lipinski definition) is 19. The van der Waals surface area contributed by atoms with Crippen molar-refractivity contribution in [3.8, 4) is 0 Å². The summed E-state index contributed by atoms with van der Waals surface area (Å²) in [6.45, 7) is 62.3. The van der Waals surface area contributed by atoms with Crippen molar-refractivity contribution in [2.45, 2.75) is 343 Å². The third-order valence-electron chi connectivity index (χ3n) is 13.1. The lowest BCUT2D eigenvalue weighted by molar-refractivity contribution is 0.362. The first-order valence-corrected chi connectivity index (χ1v) is 34.4. The molecule has 0 saturated heterocycles. The molecule has 10 aromatic heterocycles. The van der Waals surface area contributed by atoms with Gasteiger partial charge in [0.05, 0.1) is 51.6 Å². The van der Waals surface area contributed by atoms with E-state index in [0.29, 0.717) is 70.9 Å². The Morgan fingerprint density at radius 1 is 0.495 bits per heavy atom. The summed E-state index contributed by atoms with van der Waals surface area (Å²) in [4.78, 5) is 13.9. The molecule has 0 amide bonds. The van der Waals surface area contributed by atoms with E-state index in [1.54, 1.807) is 23.8 Å². The van der Waals surface area contributed by atoms with Gasteiger partial charge in [-0.15, -0.1) is 32.9 Å². The molecule has 19 nitrogen and oxygen atoms in total. The van der Waals surface area contributed by atoms with Crippen LogP contribution in [-0.2, 0) is 7.05 Å². The predicted molar refractivity (Wildman–Crippen MR) is 460 cm³/mol. The molecule has 10 rings (SSSR count). The second kappa shape index (κ2) is 63.7. The molecule has 21 heteroatoms. The average molecular weight is 1510 g/mol. The zero-order valence-electron chi connectivity index (χ0n) is 62.9. The van der Waals surface area contributed by atoms with E-state index in [0.717, 1.165) is 61.5 Å². The van der Waals surface area contributed by atoms with Gasteiger partial charge in [0, 0.05) is 65.5 Å². The average Bonchev–Trinajstić information content (AvgIpc) is 1.77. The number of H-pyrrole nitrogens is 1. The minimum Gasteiger partial charge on any atom is -0.465 e. The van der Waals surface area contributed by atoms with E-state index in [-0.39, 0.29) is 81.7 Å². The molecular formula is C84H160N14O5S2. The summed E-state index contributed by atoms with van der Waals surface area (Å²) in [5, 5.41) is 40.8. The van der Waals surface area contributed by atoms with Gasteiger partial charge in [0.25, 0.3) is 0 Å². The quantitative estimate of drug-likeness (QED) is 0.127.